The maximum absolute atomic E-state index is 2.45. The van der Waals surface area contributed by atoms with Gasteiger partial charge in [-0.25, -0.2) is 0 Å². The Balaban J connectivity index is 2.19. The molecule has 0 aliphatic carbocycles. The summed E-state index contributed by atoms with van der Waals surface area (Å²) in [7, 11) is 0. The molecule has 0 fully saturated rings. The van der Waals surface area contributed by atoms with Crippen LogP contribution >= 0.6 is 11.3 Å². The van der Waals surface area contributed by atoms with Gasteiger partial charge in [-0.3, -0.25) is 0 Å². The van der Waals surface area contributed by atoms with E-state index in [4.69, 9.17) is 0 Å². The minimum Gasteiger partial charge on any atom is -0.153 e. The number of aromatic nitrogens is 1. The highest BCUT2D eigenvalue weighted by molar-refractivity contribution is 7.09. The zero-order chi connectivity index (χ0) is 31.6. The van der Waals surface area contributed by atoms with Gasteiger partial charge in [0.25, 0.3) is 0 Å². The van der Waals surface area contributed by atoms with Gasteiger partial charge in [-0.05, 0) is 86.6 Å². The molecule has 0 saturated carbocycles. The Bertz CT molecular complexity index is 1460. The highest BCUT2D eigenvalue weighted by atomic mass is 32.1. The third kappa shape index (κ3) is 6.60. The van der Waals surface area contributed by atoms with Crippen molar-refractivity contribution in [2.45, 2.75) is 126 Å². The van der Waals surface area contributed by atoms with Crippen LogP contribution in [-0.4, -0.2) is 0 Å². The molecule has 0 N–H and O–H groups in total. The molecule has 4 rings (SSSR count). The van der Waals surface area contributed by atoms with Crippen molar-refractivity contribution in [3.8, 4) is 27.9 Å². The SMILES string of the molecule is Cc1cc(-c2cc(C(C)(C)C)cc(C(C)(C)C)c2)c(-[n+]2csc(C)c2C)c(-c2cc(C(C)(C)C)cc(C(C)(C)C)c2)c1. The first kappa shape index (κ1) is 32.2. The van der Waals surface area contributed by atoms with E-state index in [-0.39, 0.29) is 21.7 Å². The second-order valence-corrected chi connectivity index (χ2v) is 17.6. The molecule has 1 nitrogen and oxygen atoms in total. The van der Waals surface area contributed by atoms with Crippen LogP contribution < -0.4 is 4.57 Å². The average Bonchev–Trinajstić information content (AvgIpc) is 3.18. The molecule has 0 saturated heterocycles. The van der Waals surface area contributed by atoms with Crippen molar-refractivity contribution < 1.29 is 4.57 Å². The molecule has 0 amide bonds. The van der Waals surface area contributed by atoms with Crippen LogP contribution in [0.1, 0.15) is 121 Å². The summed E-state index contributed by atoms with van der Waals surface area (Å²) in [5, 5.41) is 0. The molecule has 3 aromatic carbocycles. The number of hydrogen-bond donors (Lipinski definition) is 0. The Hall–Kier alpha value is -2.71. The van der Waals surface area contributed by atoms with Crippen molar-refractivity contribution in [3.63, 3.8) is 0 Å². The van der Waals surface area contributed by atoms with Crippen LogP contribution in [0.4, 0.5) is 0 Å². The number of benzene rings is 3. The van der Waals surface area contributed by atoms with E-state index in [1.165, 1.54) is 66.3 Å². The van der Waals surface area contributed by atoms with Gasteiger partial charge in [-0.2, -0.15) is 4.57 Å². The lowest BCUT2D eigenvalue weighted by molar-refractivity contribution is -0.596. The fourth-order valence-electron chi connectivity index (χ4n) is 5.46. The van der Waals surface area contributed by atoms with E-state index in [0.29, 0.717) is 0 Å². The Labute approximate surface area is 261 Å². The second kappa shape index (κ2) is 10.8. The van der Waals surface area contributed by atoms with E-state index >= 15 is 0 Å². The van der Waals surface area contributed by atoms with Gasteiger partial charge < -0.3 is 0 Å². The molecule has 0 bridgehead atoms. The largest absolute Gasteiger partial charge is 0.231 e. The monoisotopic (exact) mass is 580 g/mol. The van der Waals surface area contributed by atoms with E-state index < -0.39 is 0 Å². The molecule has 2 heteroatoms. The number of rotatable bonds is 3. The molecule has 0 aliphatic heterocycles. The zero-order valence-corrected chi connectivity index (χ0v) is 29.9. The zero-order valence-electron chi connectivity index (χ0n) is 29.1. The van der Waals surface area contributed by atoms with Crippen LogP contribution in [0.15, 0.2) is 54.0 Å². The maximum Gasteiger partial charge on any atom is 0.231 e. The normalized spacial score (nSPS) is 13.1. The van der Waals surface area contributed by atoms with Crippen LogP contribution in [-0.2, 0) is 21.7 Å². The van der Waals surface area contributed by atoms with E-state index in [2.05, 4.69) is 162 Å². The third-order valence-corrected chi connectivity index (χ3v) is 9.62. The van der Waals surface area contributed by atoms with Crippen molar-refractivity contribution in [1.82, 2.24) is 0 Å². The minimum atomic E-state index is 0.0491. The van der Waals surface area contributed by atoms with Crippen molar-refractivity contribution in [2.75, 3.05) is 0 Å². The average molecular weight is 581 g/mol. The third-order valence-electron chi connectivity index (χ3n) is 8.65. The Morgan fingerprint density at radius 2 is 0.810 bits per heavy atom. The fourth-order valence-corrected chi connectivity index (χ4v) is 6.26. The molecule has 4 aromatic rings. The van der Waals surface area contributed by atoms with Gasteiger partial charge in [-0.1, -0.05) is 131 Å². The number of hydrogen-bond acceptors (Lipinski definition) is 1. The Morgan fingerprint density at radius 1 is 0.476 bits per heavy atom. The first-order chi connectivity index (χ1) is 19.1. The predicted molar refractivity (Wildman–Crippen MR) is 186 cm³/mol. The van der Waals surface area contributed by atoms with Gasteiger partial charge >= 0.3 is 0 Å². The minimum absolute atomic E-state index is 0.0491. The first-order valence-electron chi connectivity index (χ1n) is 15.5. The van der Waals surface area contributed by atoms with Crippen LogP contribution in [0.25, 0.3) is 27.9 Å². The molecule has 0 atom stereocenters. The summed E-state index contributed by atoms with van der Waals surface area (Å²) in [5.74, 6) is 0. The van der Waals surface area contributed by atoms with Crippen molar-refractivity contribution in [2.24, 2.45) is 0 Å². The van der Waals surface area contributed by atoms with Crippen LogP contribution in [0, 0.1) is 20.8 Å². The lowest BCUT2D eigenvalue weighted by Crippen LogP contribution is -2.33. The highest BCUT2D eigenvalue weighted by Crippen LogP contribution is 2.41. The Kier molecular flexibility index (Phi) is 8.26. The molecular formula is C40H54NS+. The fraction of sp³-hybridized carbons (Fsp3) is 0.475. The highest BCUT2D eigenvalue weighted by Gasteiger charge is 2.30. The summed E-state index contributed by atoms with van der Waals surface area (Å²) in [5.41, 5.74) is 17.1. The van der Waals surface area contributed by atoms with Gasteiger partial charge in [0.15, 0.2) is 5.69 Å². The summed E-state index contributed by atoms with van der Waals surface area (Å²) >= 11 is 1.83. The molecule has 0 radical (unpaired) electrons. The number of nitrogens with zero attached hydrogens (tertiary/aromatic N) is 1. The van der Waals surface area contributed by atoms with Gasteiger partial charge in [0.2, 0.25) is 11.2 Å². The lowest BCUT2D eigenvalue weighted by atomic mass is 9.77. The first-order valence-corrected chi connectivity index (χ1v) is 16.4. The summed E-state index contributed by atoms with van der Waals surface area (Å²) in [4.78, 5) is 1.35. The van der Waals surface area contributed by atoms with Crippen LogP contribution in [0.5, 0.6) is 0 Å². The van der Waals surface area contributed by atoms with Crippen LogP contribution in [0.3, 0.4) is 0 Å². The van der Waals surface area contributed by atoms with Crippen molar-refractivity contribution in [3.05, 3.63) is 92.4 Å². The van der Waals surface area contributed by atoms with E-state index in [1.54, 1.807) is 0 Å². The molecule has 224 valence electrons. The molecule has 0 aliphatic rings. The summed E-state index contributed by atoms with van der Waals surface area (Å²) in [6.45, 7) is 34.7. The molecule has 0 spiro atoms. The van der Waals surface area contributed by atoms with Crippen molar-refractivity contribution in [1.29, 1.82) is 0 Å². The number of aryl methyl sites for hydroxylation is 2. The maximum atomic E-state index is 2.45. The standard InChI is InChI=1S/C40H54NS/c1-25-16-34(28-18-30(37(4,5)6)22-31(19-28)38(7,8)9)36(41-24-42-27(3)26(41)2)35(17-25)29-20-32(39(10,11)12)23-33(21-29)40(13,14)15/h16-24H,1-15H3/q+1. The molecule has 42 heavy (non-hydrogen) atoms. The quantitative estimate of drug-likeness (QED) is 0.212. The van der Waals surface area contributed by atoms with Crippen LogP contribution in [0.2, 0.25) is 0 Å². The Morgan fingerprint density at radius 3 is 1.07 bits per heavy atom. The molecule has 1 heterocycles. The van der Waals surface area contributed by atoms with E-state index in [0.717, 1.165) is 0 Å². The van der Waals surface area contributed by atoms with Gasteiger partial charge in [0, 0.05) is 6.92 Å². The summed E-state index contributed by atoms with van der Waals surface area (Å²) in [6.07, 6.45) is 0. The van der Waals surface area contributed by atoms with Gasteiger partial charge in [0.1, 0.15) is 0 Å². The lowest BCUT2D eigenvalue weighted by Gasteiger charge is -2.27. The summed E-state index contributed by atoms with van der Waals surface area (Å²) < 4.78 is 2.45. The molecule has 1 aromatic heterocycles. The molecule has 0 unspecified atom stereocenters. The molecular weight excluding hydrogens is 527 g/mol. The smallest absolute Gasteiger partial charge is 0.153 e. The topological polar surface area (TPSA) is 3.88 Å². The van der Waals surface area contributed by atoms with Crippen molar-refractivity contribution >= 4 is 11.3 Å². The van der Waals surface area contributed by atoms with E-state index in [1.807, 2.05) is 11.3 Å². The summed E-state index contributed by atoms with van der Waals surface area (Å²) in [6, 6.07) is 19.4. The number of thiazole rings is 1. The van der Waals surface area contributed by atoms with E-state index in [9.17, 15) is 0 Å². The van der Waals surface area contributed by atoms with Gasteiger partial charge in [0.05, 0.1) is 16.0 Å². The van der Waals surface area contributed by atoms with Gasteiger partial charge in [-0.15, -0.1) is 0 Å². The second-order valence-electron chi connectivity index (χ2n) is 16.5. The predicted octanol–water partition coefficient (Wildman–Crippen LogP) is 11.5.